The van der Waals surface area contributed by atoms with Gasteiger partial charge in [0.15, 0.2) is 0 Å². The first kappa shape index (κ1) is 64.4. The predicted molar refractivity (Wildman–Crippen MR) is 288 cm³/mol. The highest BCUT2D eigenvalue weighted by atomic mass is 31.2. The van der Waals surface area contributed by atoms with Gasteiger partial charge in [0.05, 0.1) is 34.4 Å². The van der Waals surface area contributed by atoms with E-state index in [2.05, 4.69) is 111 Å². The second-order valence-electron chi connectivity index (χ2n) is 18.9. The van der Waals surface area contributed by atoms with Crippen molar-refractivity contribution >= 4 is 13.8 Å². The maximum absolute atomic E-state index is 12.8. The van der Waals surface area contributed by atoms with Gasteiger partial charge in [-0.2, -0.15) is 0 Å². The van der Waals surface area contributed by atoms with Crippen molar-refractivity contribution in [3.8, 4) is 0 Å². The van der Waals surface area contributed by atoms with Gasteiger partial charge < -0.3 is 18.9 Å². The van der Waals surface area contributed by atoms with Crippen LogP contribution in [0, 0.1) is 0 Å². The highest BCUT2D eigenvalue weighted by molar-refractivity contribution is 7.47. The Kier molecular flexibility index (Phi) is 47.9. The third-order valence-corrected chi connectivity index (χ3v) is 12.1. The molecule has 386 valence electrons. The molecule has 0 bridgehead atoms. The molecule has 0 amide bonds. The van der Waals surface area contributed by atoms with Gasteiger partial charge in [-0.25, -0.2) is 4.57 Å². The van der Waals surface area contributed by atoms with E-state index < -0.39 is 13.9 Å². The number of unbranched alkanes of at least 4 members (excludes halogenated alkanes) is 19. The Morgan fingerprint density at radius 3 is 1.30 bits per heavy atom. The Morgan fingerprint density at radius 2 is 0.866 bits per heavy atom. The Hall–Kier alpha value is -2.58. The van der Waals surface area contributed by atoms with Crippen LogP contribution in [0.4, 0.5) is 0 Å². The minimum Gasteiger partial charge on any atom is -0.457 e. The summed E-state index contributed by atoms with van der Waals surface area (Å²) in [4.78, 5) is 23.0. The molecular formula is C58H103NO7P+. The second-order valence-corrected chi connectivity index (χ2v) is 20.3. The zero-order chi connectivity index (χ0) is 49.0. The van der Waals surface area contributed by atoms with Gasteiger partial charge in [-0.1, -0.05) is 201 Å². The molecule has 0 rings (SSSR count). The SMILES string of the molecule is CC/C=C\C/C=C\C/C=C\C/C=C\C/C=C\C/C=C\CCCCC(=O)OC(COCCCCCCCCCCCCCC/C=C\C/C=C\CCCCCCC)COP(=O)(O)OCC[N+](C)(C)C. The molecule has 0 radical (unpaired) electrons. The topological polar surface area (TPSA) is 91.3 Å². The van der Waals surface area contributed by atoms with Crippen molar-refractivity contribution < 1.29 is 37.3 Å². The molecule has 1 N–H and O–H groups in total. The lowest BCUT2D eigenvalue weighted by molar-refractivity contribution is -0.870. The van der Waals surface area contributed by atoms with Crippen molar-refractivity contribution in [2.45, 2.75) is 213 Å². The van der Waals surface area contributed by atoms with Crippen LogP contribution >= 0.6 is 7.82 Å². The molecule has 0 saturated heterocycles. The zero-order valence-electron chi connectivity index (χ0n) is 43.9. The molecule has 0 heterocycles. The Balaban J connectivity index is 4.21. The van der Waals surface area contributed by atoms with Crippen LogP contribution in [0.1, 0.15) is 206 Å². The third-order valence-electron chi connectivity index (χ3n) is 11.1. The van der Waals surface area contributed by atoms with Crippen molar-refractivity contribution in [1.29, 1.82) is 0 Å². The number of phosphoric ester groups is 1. The van der Waals surface area contributed by atoms with E-state index in [0.29, 0.717) is 24.1 Å². The Labute approximate surface area is 413 Å². The van der Waals surface area contributed by atoms with Crippen LogP contribution in [0.15, 0.2) is 97.2 Å². The van der Waals surface area contributed by atoms with Crippen molar-refractivity contribution in [3.63, 3.8) is 0 Å². The fraction of sp³-hybridized carbons (Fsp3) is 0.707. The number of hydrogen-bond donors (Lipinski definition) is 1. The van der Waals surface area contributed by atoms with E-state index in [4.69, 9.17) is 18.5 Å². The first-order chi connectivity index (χ1) is 32.6. The summed E-state index contributed by atoms with van der Waals surface area (Å²) in [6.07, 6.45) is 68.9. The average Bonchev–Trinajstić information content (AvgIpc) is 3.29. The van der Waals surface area contributed by atoms with E-state index in [1.54, 1.807) is 0 Å². The molecule has 2 unspecified atom stereocenters. The molecular weight excluding hydrogens is 854 g/mol. The summed E-state index contributed by atoms with van der Waals surface area (Å²) >= 11 is 0. The lowest BCUT2D eigenvalue weighted by atomic mass is 10.0. The van der Waals surface area contributed by atoms with E-state index in [9.17, 15) is 14.3 Å². The van der Waals surface area contributed by atoms with Crippen LogP contribution in [-0.4, -0.2) is 75.6 Å². The molecule has 0 fully saturated rings. The molecule has 67 heavy (non-hydrogen) atoms. The third kappa shape index (κ3) is 54.2. The number of phosphoric acid groups is 1. The summed E-state index contributed by atoms with van der Waals surface area (Å²) in [5, 5.41) is 0. The maximum Gasteiger partial charge on any atom is 0.472 e. The smallest absolute Gasteiger partial charge is 0.457 e. The number of esters is 1. The zero-order valence-corrected chi connectivity index (χ0v) is 44.7. The van der Waals surface area contributed by atoms with Crippen molar-refractivity contribution in [2.24, 2.45) is 0 Å². The van der Waals surface area contributed by atoms with Gasteiger partial charge in [0.1, 0.15) is 19.3 Å². The summed E-state index contributed by atoms with van der Waals surface area (Å²) in [7, 11) is 1.63. The van der Waals surface area contributed by atoms with Gasteiger partial charge in [-0.05, 0) is 96.3 Å². The van der Waals surface area contributed by atoms with Crippen LogP contribution < -0.4 is 0 Å². The molecule has 0 spiro atoms. The average molecular weight is 957 g/mol. The first-order valence-electron chi connectivity index (χ1n) is 27.0. The minimum atomic E-state index is -4.30. The number of nitrogens with zero attached hydrogens (tertiary/aromatic N) is 1. The monoisotopic (exact) mass is 957 g/mol. The van der Waals surface area contributed by atoms with E-state index in [-0.39, 0.29) is 32.2 Å². The number of rotatable bonds is 49. The molecule has 8 nitrogen and oxygen atoms in total. The Bertz CT molecular complexity index is 1390. The van der Waals surface area contributed by atoms with E-state index in [1.807, 2.05) is 21.1 Å². The molecule has 0 saturated carbocycles. The number of hydrogen-bond acceptors (Lipinski definition) is 6. The van der Waals surface area contributed by atoms with E-state index >= 15 is 0 Å². The second kappa shape index (κ2) is 49.8. The van der Waals surface area contributed by atoms with Crippen molar-refractivity contribution in [3.05, 3.63) is 97.2 Å². The normalized spacial score (nSPS) is 14.3. The van der Waals surface area contributed by atoms with Crippen LogP contribution in [-0.2, 0) is 27.9 Å². The van der Waals surface area contributed by atoms with Crippen molar-refractivity contribution in [1.82, 2.24) is 0 Å². The highest BCUT2D eigenvalue weighted by Crippen LogP contribution is 2.43. The van der Waals surface area contributed by atoms with E-state index in [1.165, 1.54) is 109 Å². The number of ether oxygens (including phenoxy) is 2. The number of carbonyl (C=O) groups excluding carboxylic acids is 1. The van der Waals surface area contributed by atoms with Gasteiger partial charge in [0.2, 0.25) is 0 Å². The lowest BCUT2D eigenvalue weighted by Crippen LogP contribution is -2.37. The molecule has 9 heteroatoms. The molecule has 0 aromatic heterocycles. The number of allylic oxidation sites excluding steroid dienone is 16. The Morgan fingerprint density at radius 1 is 0.478 bits per heavy atom. The standard InChI is InChI=1S/C58H102NO7P/c1-6-8-10-12-14-16-18-20-22-24-26-28-29-30-32-34-36-38-40-42-44-46-48-50-53-63-55-57(56-65-67(61,62)64-54-52-59(3,4)5)66-58(60)51-49-47-45-43-41-39-37-35-33-31-27-25-23-21-19-17-15-13-11-9-7-2/h9,11,15,17-18,20-21,23-24,26-27,31,35,37,41,43,57H,6-8,10,12-14,16,19,22,25,28-30,32-34,36,38-40,42,44-56H2,1-5H3/p+1/b11-9-,17-15-,20-18-,23-21-,26-24-,31-27-,37-35-,43-41-. The number of quaternary nitrogens is 1. The van der Waals surface area contributed by atoms with Gasteiger partial charge in [0.25, 0.3) is 0 Å². The fourth-order valence-electron chi connectivity index (χ4n) is 7.00. The van der Waals surface area contributed by atoms with Crippen LogP contribution in [0.5, 0.6) is 0 Å². The summed E-state index contributed by atoms with van der Waals surface area (Å²) in [6, 6.07) is 0. The highest BCUT2D eigenvalue weighted by Gasteiger charge is 2.26. The lowest BCUT2D eigenvalue weighted by Gasteiger charge is -2.24. The van der Waals surface area contributed by atoms with Gasteiger partial charge in [-0.3, -0.25) is 13.8 Å². The molecule has 0 aliphatic heterocycles. The quantitative estimate of drug-likeness (QED) is 0.0213. The molecule has 0 aliphatic rings. The van der Waals surface area contributed by atoms with Gasteiger partial charge in [-0.15, -0.1) is 0 Å². The van der Waals surface area contributed by atoms with Gasteiger partial charge in [0, 0.05) is 13.0 Å². The van der Waals surface area contributed by atoms with Gasteiger partial charge >= 0.3 is 13.8 Å². The fourth-order valence-corrected chi connectivity index (χ4v) is 7.74. The predicted octanol–water partition coefficient (Wildman–Crippen LogP) is 16.9. The van der Waals surface area contributed by atoms with Crippen LogP contribution in [0.25, 0.3) is 0 Å². The first-order valence-corrected chi connectivity index (χ1v) is 28.5. The summed E-state index contributed by atoms with van der Waals surface area (Å²) in [5.74, 6) is -0.357. The van der Waals surface area contributed by atoms with Crippen LogP contribution in [0.3, 0.4) is 0 Å². The molecule has 0 aromatic rings. The largest absolute Gasteiger partial charge is 0.472 e. The summed E-state index contributed by atoms with van der Waals surface area (Å²) in [6.45, 7) is 5.43. The number of likely N-dealkylation sites (N-methyl/N-ethyl adjacent to an activating group) is 1. The minimum absolute atomic E-state index is 0.0747. The molecule has 2 atom stereocenters. The summed E-state index contributed by atoms with van der Waals surface area (Å²) < 4.78 is 35.1. The summed E-state index contributed by atoms with van der Waals surface area (Å²) in [5.41, 5.74) is 0. The number of carbonyl (C=O) groups is 1. The molecule has 0 aliphatic carbocycles. The van der Waals surface area contributed by atoms with Crippen molar-refractivity contribution in [2.75, 3.05) is 54.1 Å². The maximum atomic E-state index is 12.8. The van der Waals surface area contributed by atoms with E-state index in [0.717, 1.165) is 70.6 Å². The molecule has 0 aromatic carbocycles. The van der Waals surface area contributed by atoms with Crippen LogP contribution in [0.2, 0.25) is 0 Å².